The fraction of sp³-hybridized carbons (Fsp3) is 0.511. The molecule has 0 spiro atoms. The number of benzene rings is 2. The van der Waals surface area contributed by atoms with E-state index in [0.29, 0.717) is 64.1 Å². The number of nitrogens with one attached hydrogen (secondary N) is 4. The van der Waals surface area contributed by atoms with Crippen LogP contribution in [0.1, 0.15) is 97.3 Å². The number of fused-ring (bicyclic) bond motifs is 2. The molecule has 63 heavy (non-hydrogen) atoms. The molecule has 5 amide bonds. The second-order valence-electron chi connectivity index (χ2n) is 17.6. The molecule has 6 heterocycles. The summed E-state index contributed by atoms with van der Waals surface area (Å²) in [6.45, 7) is 10.0. The van der Waals surface area contributed by atoms with Crippen molar-refractivity contribution in [2.45, 2.75) is 96.3 Å². The molecule has 4 aliphatic heterocycles. The number of unbranched alkanes of at least 4 members (excludes halogenated alkanes) is 2. The molecule has 0 radical (unpaired) electrons. The number of aryl methyl sites for hydroxylation is 1. The van der Waals surface area contributed by atoms with Crippen LogP contribution >= 0.6 is 0 Å². The number of hydrogen-bond acceptors (Lipinski definition) is 11. The quantitative estimate of drug-likeness (QED) is 0.0962. The van der Waals surface area contributed by atoms with Gasteiger partial charge in [-0.3, -0.25) is 24.6 Å². The highest BCUT2D eigenvalue weighted by molar-refractivity contribution is 7.88. The summed E-state index contributed by atoms with van der Waals surface area (Å²) in [7, 11) is -3.20. The number of aromatic nitrogens is 3. The first-order chi connectivity index (χ1) is 30.3. The summed E-state index contributed by atoms with van der Waals surface area (Å²) < 4.78 is 27.4. The summed E-state index contributed by atoms with van der Waals surface area (Å²) in [4.78, 5) is 61.3. The Bertz CT molecular complexity index is 2440. The third-order valence-corrected chi connectivity index (χ3v) is 14.1. The van der Waals surface area contributed by atoms with Crippen LogP contribution in [0.25, 0.3) is 5.65 Å². The molecule has 17 nitrogen and oxygen atoms in total. The van der Waals surface area contributed by atoms with E-state index in [9.17, 15) is 27.6 Å². The molecule has 3 saturated heterocycles. The van der Waals surface area contributed by atoms with Crippen LogP contribution in [-0.4, -0.2) is 130 Å². The fourth-order valence-electron chi connectivity index (χ4n) is 9.12. The monoisotopic (exact) mass is 881 g/mol. The summed E-state index contributed by atoms with van der Waals surface area (Å²) in [6, 6.07) is 15.0. The Morgan fingerprint density at radius 1 is 0.937 bits per heavy atom. The highest BCUT2D eigenvalue weighted by Crippen LogP contribution is 2.31. The van der Waals surface area contributed by atoms with Crippen molar-refractivity contribution < 1.29 is 27.6 Å². The van der Waals surface area contributed by atoms with Crippen LogP contribution in [0, 0.1) is 0 Å². The van der Waals surface area contributed by atoms with Crippen molar-refractivity contribution in [3.63, 3.8) is 0 Å². The first-order valence-electron chi connectivity index (χ1n) is 22.3. The van der Waals surface area contributed by atoms with Crippen molar-refractivity contribution in [3.8, 4) is 0 Å². The van der Waals surface area contributed by atoms with E-state index < -0.39 is 16.1 Å². The lowest BCUT2D eigenvalue weighted by Crippen LogP contribution is -2.52. The number of hydrogen-bond donors (Lipinski definition) is 4. The van der Waals surface area contributed by atoms with Gasteiger partial charge in [0.05, 0.1) is 12.5 Å². The highest BCUT2D eigenvalue weighted by atomic mass is 32.2. The minimum Gasteiger partial charge on any atom is -0.367 e. The maximum Gasteiger partial charge on any atom is 0.321 e. The standard InChI is InChI=1S/C45H59N11O6S/c1-30(2)36-28-47-56-40(26-39(50-42(36)56)48-34-17-20-54(21-18-34)63(3,61)62)46-27-31-11-13-33(14-12-31)49-45(60)53-24-22-52(23-25-53)19-6-4-5-8-32-9-7-10-35-37(32)29-55(44(35)59)38-15-16-41(57)51-43(38)58/h7,9-14,26,28,30,34,38,46H,4-6,8,15-25,27,29H2,1-3H3,(H,48,50)(H,49,60)(H,51,57,58). The van der Waals surface area contributed by atoms with Crippen LogP contribution in [-0.2, 0) is 39.1 Å². The average Bonchev–Trinajstić information content (AvgIpc) is 3.85. The Hall–Kier alpha value is -5.59. The SMILES string of the molecule is CC(C)c1cnn2c(NCc3ccc(NC(=O)N4CCN(CCCCCc5cccc6c5CN(C5CCC(=O)NC5=O)C6=O)CC4)cc3)cc(NC3CCN(S(C)(=O)=O)CC3)nc12. The third-order valence-electron chi connectivity index (χ3n) is 12.8. The molecule has 336 valence electrons. The van der Waals surface area contributed by atoms with Crippen LogP contribution in [0.3, 0.4) is 0 Å². The first kappa shape index (κ1) is 44.0. The smallest absolute Gasteiger partial charge is 0.321 e. The third kappa shape index (κ3) is 10.3. The number of amides is 5. The topological polar surface area (TPSA) is 194 Å². The van der Waals surface area contributed by atoms with E-state index in [1.807, 2.05) is 58.1 Å². The Morgan fingerprint density at radius 3 is 2.41 bits per heavy atom. The van der Waals surface area contributed by atoms with Gasteiger partial charge in [-0.25, -0.2) is 22.5 Å². The second kappa shape index (κ2) is 19.0. The molecule has 2 aromatic heterocycles. The van der Waals surface area contributed by atoms with Gasteiger partial charge in [-0.1, -0.05) is 44.5 Å². The highest BCUT2D eigenvalue weighted by Gasteiger charge is 2.39. The molecule has 0 aliphatic carbocycles. The minimum atomic E-state index is -3.20. The number of sulfonamides is 1. The van der Waals surface area contributed by atoms with Crippen LogP contribution < -0.4 is 21.3 Å². The van der Waals surface area contributed by atoms with Crippen molar-refractivity contribution in [1.29, 1.82) is 0 Å². The first-order valence-corrected chi connectivity index (χ1v) is 24.1. The van der Waals surface area contributed by atoms with Crippen molar-refractivity contribution in [2.24, 2.45) is 0 Å². The van der Waals surface area contributed by atoms with Gasteiger partial charge in [-0.05, 0) is 85.9 Å². The molecule has 1 unspecified atom stereocenters. The Balaban J connectivity index is 0.763. The van der Waals surface area contributed by atoms with E-state index in [0.717, 1.165) is 90.5 Å². The lowest BCUT2D eigenvalue weighted by atomic mass is 9.98. The molecule has 1 atom stereocenters. The summed E-state index contributed by atoms with van der Waals surface area (Å²) in [5, 5.41) is 17.2. The van der Waals surface area contributed by atoms with E-state index in [1.165, 1.54) is 10.6 Å². The summed E-state index contributed by atoms with van der Waals surface area (Å²) >= 11 is 0. The lowest BCUT2D eigenvalue weighted by molar-refractivity contribution is -0.136. The number of rotatable bonds is 15. The zero-order valence-corrected chi connectivity index (χ0v) is 37.3. The molecule has 4 aromatic rings. The maximum atomic E-state index is 13.2. The average molecular weight is 882 g/mol. The van der Waals surface area contributed by atoms with E-state index in [2.05, 4.69) is 51.2 Å². The largest absolute Gasteiger partial charge is 0.367 e. The normalized spacial score (nSPS) is 19.2. The van der Waals surface area contributed by atoms with Gasteiger partial charge in [-0.15, -0.1) is 0 Å². The molecular formula is C45H59N11O6S. The molecule has 18 heteroatoms. The number of anilines is 3. The molecule has 0 saturated carbocycles. The summed E-state index contributed by atoms with van der Waals surface area (Å²) in [5.74, 6) is 0.923. The minimum absolute atomic E-state index is 0.104. The fourth-order valence-corrected chi connectivity index (χ4v) is 9.99. The van der Waals surface area contributed by atoms with Crippen LogP contribution in [0.4, 0.5) is 22.1 Å². The van der Waals surface area contributed by atoms with Gasteiger partial charge in [0.15, 0.2) is 5.65 Å². The van der Waals surface area contributed by atoms with Gasteiger partial charge in [0.1, 0.15) is 17.7 Å². The summed E-state index contributed by atoms with van der Waals surface area (Å²) in [6.07, 6.45) is 9.06. The number of imide groups is 1. The molecule has 4 N–H and O–H groups in total. The van der Waals surface area contributed by atoms with E-state index >= 15 is 0 Å². The van der Waals surface area contributed by atoms with Crippen molar-refractivity contribution in [2.75, 3.05) is 68.0 Å². The van der Waals surface area contributed by atoms with Gasteiger partial charge in [0.25, 0.3) is 5.91 Å². The van der Waals surface area contributed by atoms with E-state index in [4.69, 9.17) is 4.98 Å². The predicted octanol–water partition coefficient (Wildman–Crippen LogP) is 4.62. The molecule has 0 bridgehead atoms. The van der Waals surface area contributed by atoms with Crippen LogP contribution in [0.15, 0.2) is 54.7 Å². The molecule has 3 fully saturated rings. The zero-order chi connectivity index (χ0) is 44.3. The number of urea groups is 1. The number of carbonyl (C=O) groups excluding carboxylic acids is 4. The number of piperazine rings is 1. The molecule has 4 aliphatic rings. The van der Waals surface area contributed by atoms with Gasteiger partial charge < -0.3 is 25.8 Å². The van der Waals surface area contributed by atoms with Gasteiger partial charge in [0, 0.05) is 87.7 Å². The molecule has 2 aromatic carbocycles. The number of piperidine rings is 2. The van der Waals surface area contributed by atoms with E-state index in [1.54, 1.807) is 4.90 Å². The Morgan fingerprint density at radius 2 is 1.70 bits per heavy atom. The Labute approximate surface area is 369 Å². The predicted molar refractivity (Wildman–Crippen MR) is 241 cm³/mol. The van der Waals surface area contributed by atoms with Crippen molar-refractivity contribution in [3.05, 3.63) is 82.5 Å². The lowest BCUT2D eigenvalue weighted by Gasteiger charge is -2.34. The number of carbonyl (C=O) groups is 4. The summed E-state index contributed by atoms with van der Waals surface area (Å²) in [5.41, 5.74) is 6.39. The zero-order valence-electron chi connectivity index (χ0n) is 36.4. The van der Waals surface area contributed by atoms with Crippen LogP contribution in [0.5, 0.6) is 0 Å². The van der Waals surface area contributed by atoms with Gasteiger partial charge >= 0.3 is 6.03 Å². The van der Waals surface area contributed by atoms with Crippen molar-refractivity contribution >= 4 is 56.7 Å². The van der Waals surface area contributed by atoms with Crippen molar-refractivity contribution in [1.82, 2.24) is 38.9 Å². The molecular weight excluding hydrogens is 823 g/mol. The van der Waals surface area contributed by atoms with Gasteiger partial charge in [-0.2, -0.15) is 9.61 Å². The molecule has 8 rings (SSSR count). The van der Waals surface area contributed by atoms with E-state index in [-0.39, 0.29) is 42.1 Å². The second-order valence-corrected chi connectivity index (χ2v) is 19.5. The Kier molecular flexibility index (Phi) is 13.3. The van der Waals surface area contributed by atoms with Crippen LogP contribution in [0.2, 0.25) is 0 Å². The number of nitrogens with zero attached hydrogens (tertiary/aromatic N) is 7. The van der Waals surface area contributed by atoms with Gasteiger partial charge in [0.2, 0.25) is 21.8 Å². The maximum absolute atomic E-state index is 13.2.